The number of carboxylic acids is 1. The molecule has 0 aromatic heterocycles. The summed E-state index contributed by atoms with van der Waals surface area (Å²) in [7, 11) is 1.61. The molecule has 176 valence electrons. The summed E-state index contributed by atoms with van der Waals surface area (Å²) in [6.45, 7) is 0.312. The number of aliphatic carboxylic acids is 1. The molecule has 4 rings (SSSR count). The zero-order valence-electron chi connectivity index (χ0n) is 18.6. The minimum atomic E-state index is -1.07. The highest BCUT2D eigenvalue weighted by Gasteiger charge is 2.45. The number of nitrogens with one attached hydrogen (secondary N) is 2. The fourth-order valence-electron chi connectivity index (χ4n) is 4.22. The highest BCUT2D eigenvalue weighted by molar-refractivity contribution is 6.11. The first-order chi connectivity index (χ1) is 16.4. The molecule has 34 heavy (non-hydrogen) atoms. The van der Waals surface area contributed by atoms with Crippen LogP contribution in [0.4, 0.5) is 5.69 Å². The number of amides is 3. The molecule has 2 aliphatic rings. The van der Waals surface area contributed by atoms with Crippen LogP contribution in [0.25, 0.3) is 12.2 Å². The smallest absolute Gasteiger partial charge is 0.303 e. The third-order valence-corrected chi connectivity index (χ3v) is 5.96. The van der Waals surface area contributed by atoms with E-state index in [1.54, 1.807) is 19.2 Å². The van der Waals surface area contributed by atoms with Gasteiger partial charge < -0.3 is 25.4 Å². The van der Waals surface area contributed by atoms with E-state index in [2.05, 4.69) is 10.6 Å². The molecule has 3 N–H and O–H groups in total. The summed E-state index contributed by atoms with van der Waals surface area (Å²) in [5.41, 5.74) is 2.57. The summed E-state index contributed by atoms with van der Waals surface area (Å²) in [6.07, 6.45) is 3.74. The number of carbonyl (C=O) groups excluding carboxylic acids is 3. The minimum absolute atomic E-state index is 0.182. The Morgan fingerprint density at radius 2 is 1.82 bits per heavy atom. The summed E-state index contributed by atoms with van der Waals surface area (Å²) in [5, 5.41) is 14.3. The van der Waals surface area contributed by atoms with Crippen molar-refractivity contribution in [2.24, 2.45) is 0 Å². The monoisotopic (exact) mass is 463 g/mol. The van der Waals surface area contributed by atoms with Gasteiger partial charge in [0.15, 0.2) is 0 Å². The molecule has 2 heterocycles. The fourth-order valence-corrected chi connectivity index (χ4v) is 4.22. The van der Waals surface area contributed by atoms with Gasteiger partial charge in [-0.1, -0.05) is 30.4 Å². The number of methoxy groups -OCH3 is 1. The molecular formula is C25H25N3O6. The first-order valence-electron chi connectivity index (χ1n) is 10.9. The maximum Gasteiger partial charge on any atom is 0.303 e. The Morgan fingerprint density at radius 3 is 2.53 bits per heavy atom. The van der Waals surface area contributed by atoms with Crippen molar-refractivity contribution < 1.29 is 29.0 Å². The number of rotatable bonds is 7. The summed E-state index contributed by atoms with van der Waals surface area (Å²) in [4.78, 5) is 50.5. The molecule has 0 radical (unpaired) electrons. The molecule has 2 aromatic rings. The quantitative estimate of drug-likeness (QED) is 0.542. The van der Waals surface area contributed by atoms with Gasteiger partial charge in [0.1, 0.15) is 11.8 Å². The van der Waals surface area contributed by atoms with Gasteiger partial charge in [-0.15, -0.1) is 0 Å². The highest BCUT2D eigenvalue weighted by atomic mass is 16.5. The van der Waals surface area contributed by atoms with Crippen LogP contribution < -0.4 is 15.4 Å². The molecule has 0 unspecified atom stereocenters. The van der Waals surface area contributed by atoms with Gasteiger partial charge in [0, 0.05) is 13.0 Å². The number of anilines is 1. The molecule has 0 aliphatic carbocycles. The summed E-state index contributed by atoms with van der Waals surface area (Å²) in [6, 6.07) is 11.4. The summed E-state index contributed by atoms with van der Waals surface area (Å²) >= 11 is 0. The molecule has 2 atom stereocenters. The number of carbonyl (C=O) groups is 4. The van der Waals surface area contributed by atoms with Crippen LogP contribution in [-0.4, -0.2) is 59.4 Å². The molecule has 9 heteroatoms. The lowest BCUT2D eigenvalue weighted by Crippen LogP contribution is -2.51. The number of benzene rings is 2. The summed E-state index contributed by atoms with van der Waals surface area (Å²) < 4.78 is 5.16. The molecule has 0 bridgehead atoms. The highest BCUT2D eigenvalue weighted by Crippen LogP contribution is 2.30. The van der Waals surface area contributed by atoms with Crippen molar-refractivity contribution in [3.63, 3.8) is 0 Å². The Hall–Kier alpha value is -4.14. The van der Waals surface area contributed by atoms with E-state index in [1.807, 2.05) is 42.5 Å². The Morgan fingerprint density at radius 1 is 1.12 bits per heavy atom. The van der Waals surface area contributed by atoms with E-state index in [-0.39, 0.29) is 24.7 Å². The van der Waals surface area contributed by atoms with E-state index in [0.717, 1.165) is 16.9 Å². The standard InChI is InChI=1S/C25H25N3O6/c1-34-17-7-4-15(5-8-17)2-3-16-6-9-19-18(14-16)25(33)28-13-12-20(23(28)24(32)27-19)26-21(29)10-11-22(30)31/h2-9,14,20,23H,10-13H2,1H3,(H,26,29)(H,27,32)(H,30,31)/t20-,23-/m0/s1. The number of fused-ring (bicyclic) bond motifs is 2. The Kier molecular flexibility index (Phi) is 6.62. The van der Waals surface area contributed by atoms with Crippen molar-refractivity contribution in [3.05, 3.63) is 59.2 Å². The molecule has 2 aromatic carbocycles. The van der Waals surface area contributed by atoms with Crippen LogP contribution in [-0.2, 0) is 14.4 Å². The first kappa shape index (κ1) is 23.0. The zero-order chi connectivity index (χ0) is 24.2. The molecule has 9 nitrogen and oxygen atoms in total. The minimum Gasteiger partial charge on any atom is -0.497 e. The van der Waals surface area contributed by atoms with Gasteiger partial charge in [-0.05, 0) is 41.8 Å². The number of hydrogen-bond acceptors (Lipinski definition) is 5. The molecule has 3 amide bonds. The Labute approximate surface area is 196 Å². The number of hydrogen-bond donors (Lipinski definition) is 3. The first-order valence-corrected chi connectivity index (χ1v) is 10.9. The van der Waals surface area contributed by atoms with Crippen LogP contribution in [0.3, 0.4) is 0 Å². The van der Waals surface area contributed by atoms with Crippen LogP contribution in [0.1, 0.15) is 40.7 Å². The average molecular weight is 463 g/mol. The summed E-state index contributed by atoms with van der Waals surface area (Å²) in [5.74, 6) is -1.44. The third-order valence-electron chi connectivity index (χ3n) is 5.96. The lowest BCUT2D eigenvalue weighted by molar-refractivity contribution is -0.139. The van der Waals surface area contributed by atoms with Crippen molar-refractivity contribution in [3.8, 4) is 5.75 Å². The van der Waals surface area contributed by atoms with Gasteiger partial charge >= 0.3 is 5.97 Å². The average Bonchev–Trinajstić information content (AvgIpc) is 3.21. The number of carboxylic acid groups (broad SMARTS) is 1. The topological polar surface area (TPSA) is 125 Å². The lowest BCUT2D eigenvalue weighted by Gasteiger charge is -2.24. The van der Waals surface area contributed by atoms with E-state index >= 15 is 0 Å². The van der Waals surface area contributed by atoms with Gasteiger partial charge in [-0.3, -0.25) is 19.2 Å². The maximum absolute atomic E-state index is 13.3. The molecule has 1 fully saturated rings. The van der Waals surface area contributed by atoms with Gasteiger partial charge in [0.05, 0.1) is 30.8 Å². The van der Waals surface area contributed by atoms with Crippen molar-refractivity contribution in [1.29, 1.82) is 0 Å². The SMILES string of the molecule is COc1ccc(C=Cc2ccc3c(c2)C(=O)N2CC[C@H](NC(=O)CCC(=O)O)[C@H]2C(=O)N3)cc1. The van der Waals surface area contributed by atoms with E-state index in [4.69, 9.17) is 9.84 Å². The maximum atomic E-state index is 13.3. The molecule has 1 saturated heterocycles. The van der Waals surface area contributed by atoms with E-state index < -0.39 is 24.0 Å². The Bertz CT molecular complexity index is 1160. The third kappa shape index (κ3) is 4.93. The van der Waals surface area contributed by atoms with Crippen molar-refractivity contribution >= 4 is 41.5 Å². The predicted molar refractivity (Wildman–Crippen MR) is 125 cm³/mol. The van der Waals surface area contributed by atoms with Crippen LogP contribution >= 0.6 is 0 Å². The van der Waals surface area contributed by atoms with Gasteiger partial charge in [0.25, 0.3) is 5.91 Å². The van der Waals surface area contributed by atoms with E-state index in [9.17, 15) is 19.2 Å². The lowest BCUT2D eigenvalue weighted by atomic mass is 10.1. The van der Waals surface area contributed by atoms with Crippen molar-refractivity contribution in [1.82, 2.24) is 10.2 Å². The van der Waals surface area contributed by atoms with E-state index in [1.165, 1.54) is 4.90 Å². The molecule has 0 saturated carbocycles. The molecule has 0 spiro atoms. The van der Waals surface area contributed by atoms with Crippen molar-refractivity contribution in [2.45, 2.75) is 31.3 Å². The predicted octanol–water partition coefficient (Wildman–Crippen LogP) is 2.38. The largest absolute Gasteiger partial charge is 0.497 e. The van der Waals surface area contributed by atoms with E-state index in [0.29, 0.717) is 24.2 Å². The van der Waals surface area contributed by atoms with Gasteiger partial charge in [-0.2, -0.15) is 0 Å². The van der Waals surface area contributed by atoms with Crippen molar-refractivity contribution in [2.75, 3.05) is 19.0 Å². The second kappa shape index (κ2) is 9.78. The van der Waals surface area contributed by atoms with Crippen LogP contribution in [0.2, 0.25) is 0 Å². The second-order valence-electron chi connectivity index (χ2n) is 8.20. The molecular weight excluding hydrogens is 438 g/mol. The fraction of sp³-hybridized carbons (Fsp3) is 0.280. The second-order valence-corrected chi connectivity index (χ2v) is 8.20. The van der Waals surface area contributed by atoms with Crippen LogP contribution in [0, 0.1) is 0 Å². The molecule has 2 aliphatic heterocycles. The zero-order valence-corrected chi connectivity index (χ0v) is 18.6. The van der Waals surface area contributed by atoms with Gasteiger partial charge in [0.2, 0.25) is 11.8 Å². The normalized spacial score (nSPS) is 19.3. The number of nitrogens with zero attached hydrogens (tertiary/aromatic N) is 1. The number of ether oxygens (including phenoxy) is 1. The van der Waals surface area contributed by atoms with Crippen LogP contribution in [0.5, 0.6) is 5.75 Å². The van der Waals surface area contributed by atoms with Crippen LogP contribution in [0.15, 0.2) is 42.5 Å². The Balaban J connectivity index is 1.51. The van der Waals surface area contributed by atoms with Gasteiger partial charge in [-0.25, -0.2) is 0 Å².